The molecule has 2 aromatic rings. The lowest BCUT2D eigenvalue weighted by Crippen LogP contribution is -2.10. The van der Waals surface area contributed by atoms with E-state index in [2.05, 4.69) is 4.72 Å². The molecule has 0 spiro atoms. The first-order valence-corrected chi connectivity index (χ1v) is 8.41. The zero-order valence-electron chi connectivity index (χ0n) is 11.5. The molecule has 0 aliphatic carbocycles. The number of hydrogen-bond acceptors (Lipinski definition) is 4. The Morgan fingerprint density at radius 3 is 2.67 bits per heavy atom. The van der Waals surface area contributed by atoms with Gasteiger partial charge in [0.1, 0.15) is 11.5 Å². The van der Waals surface area contributed by atoms with Crippen molar-refractivity contribution in [2.75, 3.05) is 17.6 Å². The number of ether oxygens (including phenoxy) is 2. The van der Waals surface area contributed by atoms with Gasteiger partial charge in [-0.1, -0.05) is 18.2 Å². The maximum atomic E-state index is 11.5. The quantitative estimate of drug-likeness (QED) is 0.943. The summed E-state index contributed by atoms with van der Waals surface area (Å²) in [7, 11) is -3.39. The second kappa shape index (κ2) is 5.29. The maximum Gasteiger partial charge on any atom is 0.229 e. The number of sulfonamides is 1. The molecule has 0 bridgehead atoms. The molecule has 1 aliphatic rings. The zero-order valence-corrected chi connectivity index (χ0v) is 12.3. The van der Waals surface area contributed by atoms with Gasteiger partial charge in [-0.15, -0.1) is 0 Å². The van der Waals surface area contributed by atoms with Gasteiger partial charge in [0.15, 0.2) is 5.75 Å². The van der Waals surface area contributed by atoms with Crippen LogP contribution in [0.3, 0.4) is 0 Å². The molecule has 110 valence electrons. The lowest BCUT2D eigenvalue weighted by atomic mass is 10.1. The number of anilines is 1. The van der Waals surface area contributed by atoms with Crippen molar-refractivity contribution >= 4 is 15.7 Å². The van der Waals surface area contributed by atoms with E-state index >= 15 is 0 Å². The summed E-state index contributed by atoms with van der Waals surface area (Å²) in [6.07, 6.45) is 1.90. The van der Waals surface area contributed by atoms with Crippen LogP contribution < -0.4 is 14.2 Å². The van der Waals surface area contributed by atoms with Crippen LogP contribution in [-0.2, 0) is 16.4 Å². The number of hydrogen-bond donors (Lipinski definition) is 1. The van der Waals surface area contributed by atoms with Crippen LogP contribution in [-0.4, -0.2) is 21.3 Å². The Hall–Kier alpha value is -2.21. The van der Waals surface area contributed by atoms with Gasteiger partial charge in [-0.05, 0) is 18.2 Å². The van der Waals surface area contributed by atoms with Crippen LogP contribution in [0.4, 0.5) is 5.69 Å². The molecule has 0 radical (unpaired) electrons. The fourth-order valence-electron chi connectivity index (χ4n) is 2.18. The summed E-state index contributed by atoms with van der Waals surface area (Å²) in [6.45, 7) is 0.600. The van der Waals surface area contributed by atoms with E-state index in [1.54, 1.807) is 6.07 Å². The number of benzene rings is 2. The molecular weight excluding hydrogens is 290 g/mol. The standard InChI is InChI=1S/C15H15NO4S/c1-21(17,18)16-13-10-14-11(7-8-19-14)9-15(13)20-12-5-3-2-4-6-12/h2-6,9-10,16H,7-8H2,1H3. The third kappa shape index (κ3) is 3.28. The van der Waals surface area contributed by atoms with E-state index in [1.807, 2.05) is 36.4 Å². The van der Waals surface area contributed by atoms with Gasteiger partial charge in [0, 0.05) is 18.1 Å². The Labute approximate surface area is 123 Å². The van der Waals surface area contributed by atoms with Gasteiger partial charge in [0.05, 0.1) is 18.6 Å². The van der Waals surface area contributed by atoms with E-state index in [0.717, 1.165) is 18.2 Å². The van der Waals surface area contributed by atoms with Crippen LogP contribution in [0.15, 0.2) is 42.5 Å². The molecule has 1 heterocycles. The van der Waals surface area contributed by atoms with E-state index in [1.165, 1.54) is 0 Å². The van der Waals surface area contributed by atoms with Gasteiger partial charge >= 0.3 is 0 Å². The Kier molecular flexibility index (Phi) is 3.47. The molecule has 1 aliphatic heterocycles. The van der Waals surface area contributed by atoms with Crippen molar-refractivity contribution in [3.05, 3.63) is 48.0 Å². The summed E-state index contributed by atoms with van der Waals surface area (Å²) < 4.78 is 36.7. The smallest absolute Gasteiger partial charge is 0.229 e. The minimum Gasteiger partial charge on any atom is -0.493 e. The molecular formula is C15H15NO4S. The SMILES string of the molecule is CS(=O)(=O)Nc1cc2c(cc1Oc1ccccc1)CCO2. The first-order chi connectivity index (χ1) is 10.0. The predicted molar refractivity (Wildman–Crippen MR) is 80.6 cm³/mol. The van der Waals surface area contributed by atoms with Crippen LogP contribution in [0, 0.1) is 0 Å². The number of para-hydroxylation sites is 1. The molecule has 0 unspecified atom stereocenters. The topological polar surface area (TPSA) is 64.6 Å². The molecule has 2 aromatic carbocycles. The third-order valence-corrected chi connectivity index (χ3v) is 3.65. The molecule has 5 nitrogen and oxygen atoms in total. The van der Waals surface area contributed by atoms with Crippen LogP contribution in [0.5, 0.6) is 17.2 Å². The van der Waals surface area contributed by atoms with E-state index < -0.39 is 10.0 Å². The minimum absolute atomic E-state index is 0.377. The maximum absolute atomic E-state index is 11.5. The van der Waals surface area contributed by atoms with E-state index in [0.29, 0.717) is 29.5 Å². The summed E-state index contributed by atoms with van der Waals surface area (Å²) in [5, 5.41) is 0. The number of nitrogens with one attached hydrogen (secondary N) is 1. The van der Waals surface area contributed by atoms with E-state index in [-0.39, 0.29) is 0 Å². The summed E-state index contributed by atoms with van der Waals surface area (Å²) >= 11 is 0. The van der Waals surface area contributed by atoms with Gasteiger partial charge < -0.3 is 9.47 Å². The molecule has 21 heavy (non-hydrogen) atoms. The Balaban J connectivity index is 2.00. The highest BCUT2D eigenvalue weighted by molar-refractivity contribution is 7.92. The highest BCUT2D eigenvalue weighted by Gasteiger charge is 2.19. The molecule has 0 saturated heterocycles. The van der Waals surface area contributed by atoms with Crippen molar-refractivity contribution in [3.63, 3.8) is 0 Å². The normalized spacial score (nSPS) is 13.4. The predicted octanol–water partition coefficient (Wildman–Crippen LogP) is 2.79. The van der Waals surface area contributed by atoms with Crippen LogP contribution >= 0.6 is 0 Å². The molecule has 6 heteroatoms. The summed E-state index contributed by atoms with van der Waals surface area (Å²) in [5.74, 6) is 1.81. The Bertz CT molecular complexity index is 757. The van der Waals surface area contributed by atoms with Crippen molar-refractivity contribution < 1.29 is 17.9 Å². The monoisotopic (exact) mass is 305 g/mol. The first kappa shape index (κ1) is 13.8. The molecule has 3 rings (SSSR count). The molecule has 1 N–H and O–H groups in total. The average Bonchev–Trinajstić information content (AvgIpc) is 2.85. The van der Waals surface area contributed by atoms with Crippen LogP contribution in [0.2, 0.25) is 0 Å². The van der Waals surface area contributed by atoms with E-state index in [9.17, 15) is 8.42 Å². The van der Waals surface area contributed by atoms with Crippen molar-refractivity contribution in [2.24, 2.45) is 0 Å². The van der Waals surface area contributed by atoms with Crippen molar-refractivity contribution in [1.82, 2.24) is 0 Å². The van der Waals surface area contributed by atoms with Crippen molar-refractivity contribution in [1.29, 1.82) is 0 Å². The number of fused-ring (bicyclic) bond motifs is 1. The lowest BCUT2D eigenvalue weighted by molar-refractivity contribution is 0.357. The fraction of sp³-hybridized carbons (Fsp3) is 0.200. The molecule has 0 aromatic heterocycles. The van der Waals surface area contributed by atoms with Crippen molar-refractivity contribution in [3.8, 4) is 17.2 Å². The molecule has 0 atom stereocenters. The minimum atomic E-state index is -3.39. The van der Waals surface area contributed by atoms with Crippen LogP contribution in [0.25, 0.3) is 0 Å². The molecule has 0 saturated carbocycles. The zero-order chi connectivity index (χ0) is 14.9. The van der Waals surface area contributed by atoms with Gasteiger partial charge in [-0.25, -0.2) is 8.42 Å². The summed E-state index contributed by atoms with van der Waals surface area (Å²) in [4.78, 5) is 0. The second-order valence-electron chi connectivity index (χ2n) is 4.84. The second-order valence-corrected chi connectivity index (χ2v) is 6.59. The summed E-state index contributed by atoms with van der Waals surface area (Å²) in [6, 6.07) is 12.7. The fourth-order valence-corrected chi connectivity index (χ4v) is 2.74. The average molecular weight is 305 g/mol. The van der Waals surface area contributed by atoms with E-state index in [4.69, 9.17) is 9.47 Å². The van der Waals surface area contributed by atoms with Gasteiger partial charge in [0.2, 0.25) is 10.0 Å². The first-order valence-electron chi connectivity index (χ1n) is 6.52. The van der Waals surface area contributed by atoms with Gasteiger partial charge in [0.25, 0.3) is 0 Å². The van der Waals surface area contributed by atoms with Crippen molar-refractivity contribution in [2.45, 2.75) is 6.42 Å². The van der Waals surface area contributed by atoms with Gasteiger partial charge in [-0.2, -0.15) is 0 Å². The largest absolute Gasteiger partial charge is 0.493 e. The third-order valence-electron chi connectivity index (χ3n) is 3.06. The van der Waals surface area contributed by atoms with Gasteiger partial charge in [-0.3, -0.25) is 4.72 Å². The number of rotatable bonds is 4. The lowest BCUT2D eigenvalue weighted by Gasteiger charge is -2.13. The highest BCUT2D eigenvalue weighted by atomic mass is 32.2. The molecule has 0 fully saturated rings. The Morgan fingerprint density at radius 2 is 1.95 bits per heavy atom. The van der Waals surface area contributed by atoms with Crippen LogP contribution in [0.1, 0.15) is 5.56 Å². The Morgan fingerprint density at radius 1 is 1.19 bits per heavy atom. The molecule has 0 amide bonds. The highest BCUT2D eigenvalue weighted by Crippen LogP contribution is 2.38. The summed E-state index contributed by atoms with van der Waals surface area (Å²) in [5.41, 5.74) is 1.39.